The number of ether oxygens (including phenoxy) is 3. The largest absolute Gasteiger partial charge is 0.497 e. The molecule has 0 aliphatic carbocycles. The van der Waals surface area contributed by atoms with Crippen molar-refractivity contribution in [2.24, 2.45) is 10.8 Å². The van der Waals surface area contributed by atoms with Crippen molar-refractivity contribution in [3.05, 3.63) is 48.0 Å². The molecule has 3 amide bonds. The number of amides is 3. The van der Waals surface area contributed by atoms with Crippen molar-refractivity contribution >= 4 is 29.6 Å². The number of carbonyl (C=O) groups excluding carboxylic acids is 3. The van der Waals surface area contributed by atoms with Crippen LogP contribution in [0.5, 0.6) is 17.2 Å². The van der Waals surface area contributed by atoms with E-state index in [1.54, 1.807) is 49.6 Å². The van der Waals surface area contributed by atoms with E-state index in [0.717, 1.165) is 0 Å². The number of hydrazone groups is 1. The summed E-state index contributed by atoms with van der Waals surface area (Å²) in [6, 6.07) is 11.7. The molecule has 10 nitrogen and oxygen atoms in total. The number of nitrogens with one attached hydrogen (secondary N) is 2. The Kier molecular flexibility index (Phi) is 8.84. The molecule has 2 aromatic carbocycles. The van der Waals surface area contributed by atoms with Gasteiger partial charge in [-0.05, 0) is 48.0 Å². The second kappa shape index (κ2) is 11.8. The molecule has 0 saturated carbocycles. The summed E-state index contributed by atoms with van der Waals surface area (Å²) in [6.45, 7) is -0.272. The normalized spacial score (nSPS) is 10.4. The molecule has 4 N–H and O–H groups in total. The Hall–Kier alpha value is -4.08. The first-order valence-corrected chi connectivity index (χ1v) is 9.26. The van der Waals surface area contributed by atoms with Crippen molar-refractivity contribution in [3.8, 4) is 17.2 Å². The maximum Gasteiger partial charge on any atom is 0.255 e. The van der Waals surface area contributed by atoms with E-state index in [4.69, 9.17) is 19.9 Å². The molecule has 2 rings (SSSR count). The van der Waals surface area contributed by atoms with Gasteiger partial charge < -0.3 is 25.3 Å². The van der Waals surface area contributed by atoms with Crippen molar-refractivity contribution in [2.75, 3.05) is 26.1 Å². The monoisotopic (exact) mass is 428 g/mol. The van der Waals surface area contributed by atoms with Gasteiger partial charge in [-0.25, -0.2) is 5.43 Å². The molecule has 164 valence electrons. The molecular formula is C21H24N4O6. The van der Waals surface area contributed by atoms with Gasteiger partial charge in [0.05, 0.1) is 20.4 Å². The average Bonchev–Trinajstić information content (AvgIpc) is 2.77. The van der Waals surface area contributed by atoms with Crippen LogP contribution in [0.4, 0.5) is 5.69 Å². The van der Waals surface area contributed by atoms with E-state index >= 15 is 0 Å². The summed E-state index contributed by atoms with van der Waals surface area (Å²) in [7, 11) is 3.01. The van der Waals surface area contributed by atoms with E-state index in [9.17, 15) is 14.4 Å². The summed E-state index contributed by atoms with van der Waals surface area (Å²) in [4.78, 5) is 34.7. The minimum atomic E-state index is -0.604. The Morgan fingerprint density at radius 2 is 1.68 bits per heavy atom. The maximum atomic E-state index is 11.9. The van der Waals surface area contributed by atoms with Gasteiger partial charge in [0.15, 0.2) is 18.1 Å². The molecular weight excluding hydrogens is 404 g/mol. The van der Waals surface area contributed by atoms with Crippen LogP contribution in [0.2, 0.25) is 0 Å². The van der Waals surface area contributed by atoms with E-state index in [0.29, 0.717) is 28.5 Å². The number of carbonyl (C=O) groups is 3. The number of hydrogen-bond donors (Lipinski definition) is 3. The fraction of sp³-hybridized carbons (Fsp3) is 0.238. The third-order valence-electron chi connectivity index (χ3n) is 3.91. The van der Waals surface area contributed by atoms with Gasteiger partial charge >= 0.3 is 0 Å². The van der Waals surface area contributed by atoms with Crippen LogP contribution < -0.4 is 30.7 Å². The summed E-state index contributed by atoms with van der Waals surface area (Å²) in [5, 5.41) is 6.56. The van der Waals surface area contributed by atoms with Gasteiger partial charge in [0.2, 0.25) is 11.8 Å². The molecule has 0 fully saturated rings. The molecule has 0 unspecified atom stereocenters. The van der Waals surface area contributed by atoms with Crippen LogP contribution in [0.15, 0.2) is 47.6 Å². The lowest BCUT2D eigenvalue weighted by Crippen LogP contribution is -2.20. The summed E-state index contributed by atoms with van der Waals surface area (Å²) < 4.78 is 15.5. The number of primary amides is 1. The Balaban J connectivity index is 1.79. The topological polar surface area (TPSA) is 141 Å². The van der Waals surface area contributed by atoms with Crippen molar-refractivity contribution in [1.29, 1.82) is 0 Å². The van der Waals surface area contributed by atoms with E-state index in [1.165, 1.54) is 13.3 Å². The quantitative estimate of drug-likeness (QED) is 0.365. The second-order valence-corrected chi connectivity index (χ2v) is 6.24. The third kappa shape index (κ3) is 8.05. The van der Waals surface area contributed by atoms with E-state index in [2.05, 4.69) is 15.8 Å². The van der Waals surface area contributed by atoms with E-state index < -0.39 is 11.8 Å². The van der Waals surface area contributed by atoms with Crippen LogP contribution in [-0.4, -0.2) is 44.8 Å². The molecule has 0 aliphatic heterocycles. The summed E-state index contributed by atoms with van der Waals surface area (Å²) >= 11 is 0. The summed E-state index contributed by atoms with van der Waals surface area (Å²) in [5.74, 6) is 0.112. The number of methoxy groups -OCH3 is 2. The van der Waals surface area contributed by atoms with Crippen molar-refractivity contribution in [3.63, 3.8) is 0 Å². The predicted molar refractivity (Wildman–Crippen MR) is 114 cm³/mol. The lowest BCUT2D eigenvalue weighted by atomic mass is 10.2. The summed E-state index contributed by atoms with van der Waals surface area (Å²) in [6.07, 6.45) is 1.39. The minimum Gasteiger partial charge on any atom is -0.497 e. The van der Waals surface area contributed by atoms with Crippen molar-refractivity contribution < 1.29 is 28.6 Å². The first kappa shape index (κ1) is 23.2. The highest BCUT2D eigenvalue weighted by Gasteiger charge is 2.08. The molecule has 2 aromatic rings. The summed E-state index contributed by atoms with van der Waals surface area (Å²) in [5.41, 5.74) is 8.65. The van der Waals surface area contributed by atoms with Crippen LogP contribution in [-0.2, 0) is 14.4 Å². The van der Waals surface area contributed by atoms with Gasteiger partial charge in [-0.3, -0.25) is 14.4 Å². The zero-order chi connectivity index (χ0) is 22.6. The first-order chi connectivity index (χ1) is 14.9. The number of hydrogen-bond acceptors (Lipinski definition) is 7. The first-order valence-electron chi connectivity index (χ1n) is 9.26. The molecule has 0 saturated heterocycles. The fourth-order valence-electron chi connectivity index (χ4n) is 2.39. The highest BCUT2D eigenvalue weighted by atomic mass is 16.5. The van der Waals surface area contributed by atoms with Gasteiger partial charge in [-0.1, -0.05) is 0 Å². The number of anilines is 1. The smallest absolute Gasteiger partial charge is 0.255 e. The van der Waals surface area contributed by atoms with Gasteiger partial charge in [0.1, 0.15) is 5.75 Å². The van der Waals surface area contributed by atoms with Crippen molar-refractivity contribution in [1.82, 2.24) is 5.43 Å². The number of benzene rings is 2. The number of nitrogens with two attached hydrogens (primary N) is 1. The van der Waals surface area contributed by atoms with Crippen LogP contribution >= 0.6 is 0 Å². The second-order valence-electron chi connectivity index (χ2n) is 6.24. The van der Waals surface area contributed by atoms with Crippen LogP contribution in [0.25, 0.3) is 0 Å². The lowest BCUT2D eigenvalue weighted by Gasteiger charge is -2.09. The van der Waals surface area contributed by atoms with Crippen LogP contribution in [0, 0.1) is 0 Å². The Bertz CT molecular complexity index is 943. The molecule has 0 aromatic heterocycles. The Labute approximate surface area is 179 Å². The molecule has 0 heterocycles. The van der Waals surface area contributed by atoms with Crippen LogP contribution in [0.3, 0.4) is 0 Å². The van der Waals surface area contributed by atoms with E-state index in [-0.39, 0.29) is 25.4 Å². The standard InChI is InChI=1S/C21H24N4O6/c1-29-16-6-4-15(5-7-16)24-20(27)9-10-21(28)25-23-12-14-3-8-17(18(11-14)30-2)31-13-19(22)26/h3-8,11-12H,9-10,13H2,1-2H3,(H2,22,26)(H,24,27)(H,25,28). The van der Waals surface area contributed by atoms with Gasteiger partial charge in [-0.15, -0.1) is 0 Å². The molecule has 31 heavy (non-hydrogen) atoms. The molecule has 0 aliphatic rings. The molecule has 0 radical (unpaired) electrons. The van der Waals surface area contributed by atoms with Crippen LogP contribution in [0.1, 0.15) is 18.4 Å². The highest BCUT2D eigenvalue weighted by Crippen LogP contribution is 2.27. The van der Waals surface area contributed by atoms with Crippen molar-refractivity contribution in [2.45, 2.75) is 12.8 Å². The fourth-order valence-corrected chi connectivity index (χ4v) is 2.39. The number of rotatable bonds is 11. The average molecular weight is 428 g/mol. The maximum absolute atomic E-state index is 11.9. The number of nitrogens with zero attached hydrogens (tertiary/aromatic N) is 1. The Morgan fingerprint density at radius 3 is 2.32 bits per heavy atom. The molecule has 0 bridgehead atoms. The minimum absolute atomic E-state index is 0.00705. The predicted octanol–water partition coefficient (Wildman–Crippen LogP) is 1.44. The third-order valence-corrected chi connectivity index (χ3v) is 3.91. The molecule has 0 atom stereocenters. The zero-order valence-electron chi connectivity index (χ0n) is 17.2. The van der Waals surface area contributed by atoms with Gasteiger partial charge in [0, 0.05) is 18.5 Å². The Morgan fingerprint density at radius 1 is 0.968 bits per heavy atom. The van der Waals surface area contributed by atoms with Gasteiger partial charge in [0.25, 0.3) is 5.91 Å². The van der Waals surface area contributed by atoms with E-state index in [1.807, 2.05) is 0 Å². The lowest BCUT2D eigenvalue weighted by molar-refractivity contribution is -0.124. The molecule has 0 spiro atoms. The highest BCUT2D eigenvalue weighted by molar-refractivity contribution is 5.93. The zero-order valence-corrected chi connectivity index (χ0v) is 17.2. The van der Waals surface area contributed by atoms with Gasteiger partial charge in [-0.2, -0.15) is 5.10 Å². The SMILES string of the molecule is COc1ccc(NC(=O)CCC(=O)NN=Cc2ccc(OCC(N)=O)c(OC)c2)cc1. The molecule has 10 heteroatoms.